The largest absolute Gasteiger partial charge is 0.311 e. The highest BCUT2D eigenvalue weighted by atomic mass is 35.5. The van der Waals surface area contributed by atoms with Gasteiger partial charge in [0.1, 0.15) is 0 Å². The van der Waals surface area contributed by atoms with Crippen molar-refractivity contribution in [3.63, 3.8) is 0 Å². The molecule has 1 nitrogen and oxygen atoms in total. The Morgan fingerprint density at radius 2 is 1.11 bits per heavy atom. The van der Waals surface area contributed by atoms with Crippen LogP contribution >= 0.6 is 11.6 Å². The highest BCUT2D eigenvalue weighted by Crippen LogP contribution is 2.84. The number of anilines is 3. The molecule has 4 fully saturated rings. The van der Waals surface area contributed by atoms with Gasteiger partial charge in [-0.05, 0) is 126 Å². The van der Waals surface area contributed by atoms with E-state index in [0.29, 0.717) is 5.41 Å². The molecule has 4 aromatic rings. The summed E-state index contributed by atoms with van der Waals surface area (Å²) >= 11 is 6.25. The van der Waals surface area contributed by atoms with Crippen LogP contribution in [0.15, 0.2) is 103 Å². The number of halogens is 1. The molecule has 2 unspecified atom stereocenters. The summed E-state index contributed by atoms with van der Waals surface area (Å²) in [4.78, 5) is 2.35. The van der Waals surface area contributed by atoms with Crippen molar-refractivity contribution in [2.24, 2.45) is 23.2 Å². The molecule has 2 atom stereocenters. The molecule has 36 heavy (non-hydrogen) atoms. The van der Waals surface area contributed by atoms with Crippen LogP contribution in [0.5, 0.6) is 0 Å². The Bertz CT molecular complexity index is 1410. The average Bonchev–Trinajstić information content (AvgIpc) is 3.40. The molecular weight excluding hydrogens is 458 g/mol. The highest BCUT2D eigenvalue weighted by Gasteiger charge is 2.77. The summed E-state index contributed by atoms with van der Waals surface area (Å²) in [5, 5.41) is 0.761. The lowest BCUT2D eigenvalue weighted by Gasteiger charge is -2.66. The van der Waals surface area contributed by atoms with E-state index in [1.807, 2.05) is 12.1 Å². The van der Waals surface area contributed by atoms with Gasteiger partial charge in [0.05, 0.1) is 0 Å². The third-order valence-corrected chi connectivity index (χ3v) is 10.6. The van der Waals surface area contributed by atoms with Gasteiger partial charge in [-0.1, -0.05) is 66.2 Å². The number of nitrogens with zero attached hydrogens (tertiary/aromatic N) is 1. The second kappa shape index (κ2) is 7.49. The standard InChI is InChI=1S/C34H30ClN/c35-29-10-16-32(17-11-29)36(30-12-6-24(7-13-30)23-4-2-1-3-5-23)31-14-8-25(9-15-31)33-20-27-18-26-19-28(21-33)34(26,27)22-33/h1-17,26-28H,18-22H2. The Morgan fingerprint density at radius 3 is 1.67 bits per heavy atom. The van der Waals surface area contributed by atoms with E-state index in [1.54, 1.807) is 5.56 Å². The molecule has 2 heteroatoms. The summed E-state index contributed by atoms with van der Waals surface area (Å²) in [6.45, 7) is 0. The molecule has 0 amide bonds. The second-order valence-electron chi connectivity index (χ2n) is 11.8. The van der Waals surface area contributed by atoms with E-state index in [1.165, 1.54) is 48.9 Å². The van der Waals surface area contributed by atoms with Gasteiger partial charge in [0.25, 0.3) is 0 Å². The number of rotatable bonds is 5. The maximum atomic E-state index is 6.25. The van der Waals surface area contributed by atoms with Gasteiger partial charge in [0, 0.05) is 22.1 Å². The van der Waals surface area contributed by atoms with Crippen LogP contribution in [-0.4, -0.2) is 0 Å². The van der Waals surface area contributed by atoms with Crippen molar-refractivity contribution in [2.75, 3.05) is 4.90 Å². The number of fused-ring (bicyclic) bond motifs is 1. The van der Waals surface area contributed by atoms with E-state index >= 15 is 0 Å². The van der Waals surface area contributed by atoms with Crippen LogP contribution in [0, 0.1) is 23.2 Å². The number of benzene rings is 4. The number of hydrogen-bond acceptors (Lipinski definition) is 1. The maximum absolute atomic E-state index is 6.25. The minimum absolute atomic E-state index is 0.446. The molecule has 0 aromatic heterocycles. The van der Waals surface area contributed by atoms with Crippen molar-refractivity contribution in [2.45, 2.75) is 37.5 Å². The van der Waals surface area contributed by atoms with E-state index in [0.717, 1.165) is 39.6 Å². The molecule has 0 saturated heterocycles. The zero-order chi connectivity index (χ0) is 23.9. The van der Waals surface area contributed by atoms with E-state index in [-0.39, 0.29) is 0 Å². The van der Waals surface area contributed by atoms with Gasteiger partial charge in [0.15, 0.2) is 0 Å². The first-order valence-corrected chi connectivity index (χ1v) is 13.8. The van der Waals surface area contributed by atoms with Gasteiger partial charge in [-0.2, -0.15) is 0 Å². The van der Waals surface area contributed by atoms with Crippen LogP contribution in [0.2, 0.25) is 5.02 Å². The van der Waals surface area contributed by atoms with Crippen molar-refractivity contribution >= 4 is 28.7 Å². The third kappa shape index (κ3) is 2.84. The molecule has 4 aliphatic carbocycles. The van der Waals surface area contributed by atoms with Crippen molar-refractivity contribution in [3.8, 4) is 11.1 Å². The lowest BCUT2D eigenvalue weighted by Crippen LogP contribution is -2.59. The quantitative estimate of drug-likeness (QED) is 0.271. The van der Waals surface area contributed by atoms with Crippen LogP contribution in [0.4, 0.5) is 17.1 Å². The Balaban J connectivity index is 1.15. The van der Waals surface area contributed by atoms with E-state index < -0.39 is 0 Å². The van der Waals surface area contributed by atoms with E-state index in [4.69, 9.17) is 11.6 Å². The second-order valence-corrected chi connectivity index (χ2v) is 12.2. The molecule has 178 valence electrons. The first-order valence-electron chi connectivity index (χ1n) is 13.5. The van der Waals surface area contributed by atoms with Crippen LogP contribution in [0.3, 0.4) is 0 Å². The Kier molecular flexibility index (Phi) is 4.39. The minimum Gasteiger partial charge on any atom is -0.311 e. The van der Waals surface area contributed by atoms with Crippen molar-refractivity contribution < 1.29 is 0 Å². The van der Waals surface area contributed by atoms with Crippen LogP contribution < -0.4 is 4.90 Å². The van der Waals surface area contributed by atoms with Crippen LogP contribution in [-0.2, 0) is 5.41 Å². The summed E-state index contributed by atoms with van der Waals surface area (Å²) in [5.41, 5.74) is 8.73. The lowest BCUT2D eigenvalue weighted by molar-refractivity contribution is -0.175. The Labute approximate surface area is 218 Å². The molecule has 0 radical (unpaired) electrons. The lowest BCUT2D eigenvalue weighted by atomic mass is 9.38. The SMILES string of the molecule is Clc1ccc(N(c2ccc(-c3ccccc3)cc2)c2ccc(C34CC5CC6CC(C3)C65C4)cc2)cc1. The predicted molar refractivity (Wildman–Crippen MR) is 149 cm³/mol. The molecule has 1 spiro atoms. The zero-order valence-corrected chi connectivity index (χ0v) is 21.2. The smallest absolute Gasteiger partial charge is 0.0462 e. The topological polar surface area (TPSA) is 3.24 Å². The molecule has 0 N–H and O–H groups in total. The molecular formula is C34H30ClN. The van der Waals surface area contributed by atoms with Crippen molar-refractivity contribution in [3.05, 3.63) is 114 Å². The molecule has 4 aromatic carbocycles. The molecule has 4 aliphatic rings. The Morgan fingerprint density at radius 1 is 0.583 bits per heavy atom. The summed E-state index contributed by atoms with van der Waals surface area (Å²) in [5.74, 6) is 3.10. The van der Waals surface area contributed by atoms with Crippen LogP contribution in [0.1, 0.15) is 37.7 Å². The molecule has 2 bridgehead atoms. The van der Waals surface area contributed by atoms with Gasteiger partial charge in [-0.25, -0.2) is 0 Å². The molecule has 0 heterocycles. The van der Waals surface area contributed by atoms with Crippen molar-refractivity contribution in [1.29, 1.82) is 0 Å². The first kappa shape index (κ1) is 21.1. The van der Waals surface area contributed by atoms with Gasteiger partial charge >= 0.3 is 0 Å². The fourth-order valence-electron chi connectivity index (χ4n) is 8.85. The third-order valence-electron chi connectivity index (χ3n) is 10.4. The van der Waals surface area contributed by atoms with Gasteiger partial charge in [-0.3, -0.25) is 0 Å². The van der Waals surface area contributed by atoms with Crippen LogP contribution in [0.25, 0.3) is 11.1 Å². The summed E-state index contributed by atoms with van der Waals surface area (Å²) in [6, 6.07) is 37.2. The fraction of sp³-hybridized carbons (Fsp3) is 0.294. The summed E-state index contributed by atoms with van der Waals surface area (Å²) < 4.78 is 0. The van der Waals surface area contributed by atoms with E-state index in [9.17, 15) is 0 Å². The van der Waals surface area contributed by atoms with E-state index in [2.05, 4.69) is 95.9 Å². The first-order chi connectivity index (χ1) is 17.6. The summed E-state index contributed by atoms with van der Waals surface area (Å²) in [6.07, 6.45) is 7.35. The van der Waals surface area contributed by atoms with Gasteiger partial charge in [-0.15, -0.1) is 0 Å². The minimum atomic E-state index is 0.446. The summed E-state index contributed by atoms with van der Waals surface area (Å²) in [7, 11) is 0. The normalized spacial score (nSPS) is 30.9. The zero-order valence-electron chi connectivity index (χ0n) is 20.4. The molecule has 0 aliphatic heterocycles. The fourth-order valence-corrected chi connectivity index (χ4v) is 8.98. The predicted octanol–water partition coefficient (Wildman–Crippen LogP) is 9.55. The van der Waals surface area contributed by atoms with Gasteiger partial charge < -0.3 is 4.90 Å². The number of hydrogen-bond donors (Lipinski definition) is 0. The average molecular weight is 488 g/mol. The highest BCUT2D eigenvalue weighted by molar-refractivity contribution is 6.30. The molecule has 4 saturated carbocycles. The maximum Gasteiger partial charge on any atom is 0.0462 e. The van der Waals surface area contributed by atoms with Gasteiger partial charge in [0.2, 0.25) is 0 Å². The monoisotopic (exact) mass is 487 g/mol. The van der Waals surface area contributed by atoms with Crippen molar-refractivity contribution in [1.82, 2.24) is 0 Å². The Hall–Kier alpha value is -3.03. The molecule has 8 rings (SSSR count).